The minimum atomic E-state index is -5.74. The van der Waals surface area contributed by atoms with E-state index in [1.807, 2.05) is 0 Å². The summed E-state index contributed by atoms with van der Waals surface area (Å²) in [7, 11) is -14.0. The van der Waals surface area contributed by atoms with Gasteiger partial charge in [-0.25, -0.2) is 13.7 Å². The Morgan fingerprint density at radius 1 is 1.15 bits per heavy atom. The molecule has 7 N–H and O–H groups in total. The average Bonchev–Trinajstić information content (AvgIpc) is 3.61. The van der Waals surface area contributed by atoms with E-state index < -0.39 is 63.5 Å². The fraction of sp³-hybridized carbons (Fsp3) is 0.667. The first-order chi connectivity index (χ1) is 24.9. The highest BCUT2D eigenvalue weighted by molar-refractivity contribution is 8.76. The SMILES string of the molecule is CCSSCOCCCCCCC(=O)CCC#Cc1cn([C@H]2C[C@H](OCS(C)=S)[C@@H](COP(=O)(O)OP(=O)(O)OP(=O)(O)O)O2)c2nc(N)[nH]c(=O)c12. The van der Waals surface area contributed by atoms with Gasteiger partial charge in [0.05, 0.1) is 29.6 Å². The normalized spacial score (nSPS) is 20.5. The van der Waals surface area contributed by atoms with Gasteiger partial charge in [-0.1, -0.05) is 62.6 Å². The maximum atomic E-state index is 13.0. The number of nitrogens with one attached hydrogen (secondary N) is 1. The summed E-state index contributed by atoms with van der Waals surface area (Å²) in [4.78, 5) is 69.1. The van der Waals surface area contributed by atoms with Gasteiger partial charge >= 0.3 is 23.5 Å². The number of nitrogens with zero attached hydrogens (tertiary/aromatic N) is 2. The molecule has 6 atom stereocenters. The number of carbonyl (C=O) groups is 1. The lowest BCUT2D eigenvalue weighted by Gasteiger charge is -2.21. The Balaban J connectivity index is 1.66. The summed E-state index contributed by atoms with van der Waals surface area (Å²) in [6, 6.07) is 0. The molecule has 0 saturated carbocycles. The second-order valence-corrected chi connectivity index (χ2v) is 21.5. The Bertz CT molecular complexity index is 1830. The number of rotatable bonds is 24. The lowest BCUT2D eigenvalue weighted by molar-refractivity contribution is -0.119. The first-order valence-electron chi connectivity index (χ1n) is 16.0. The van der Waals surface area contributed by atoms with Crippen molar-refractivity contribution in [2.45, 2.75) is 76.7 Å². The van der Waals surface area contributed by atoms with Crippen LogP contribution in [0.2, 0.25) is 0 Å². The molecule has 26 heteroatoms. The van der Waals surface area contributed by atoms with Gasteiger partial charge in [0.25, 0.3) is 5.56 Å². The number of H-pyrrole nitrogens is 1. The van der Waals surface area contributed by atoms with Gasteiger partial charge in [0.2, 0.25) is 5.95 Å². The number of aromatic nitrogens is 3. The largest absolute Gasteiger partial charge is 0.490 e. The number of fused-ring (bicyclic) bond motifs is 1. The predicted octanol–water partition coefficient (Wildman–Crippen LogP) is 4.02. The van der Waals surface area contributed by atoms with Gasteiger partial charge in [0.15, 0.2) is 5.65 Å². The van der Waals surface area contributed by atoms with Crippen LogP contribution in [0.4, 0.5) is 5.95 Å². The smallest absolute Gasteiger partial charge is 0.370 e. The molecule has 0 aromatic carbocycles. The number of nitrogen functional groups attached to an aromatic ring is 1. The van der Waals surface area contributed by atoms with E-state index in [1.54, 1.807) is 27.8 Å². The van der Waals surface area contributed by atoms with Gasteiger partial charge in [-0.05, 0) is 30.3 Å². The standard InChI is InChI=1S/C27H43N4O15P3S4/c1-3-51-52-17-41-13-9-5-4-6-11-20(32)12-8-7-10-19-15-31(25-24(19)26(33)30-27(28)29-25)23-14-21(42-18-53(2)50)22(44-23)16-43-48(37,38)46-49(39,40)45-47(34,35)36/h15,21-23H,3-6,8-9,11-14,16-18H2,1-2H3,(H,37,38)(H,39,40)(H2,34,35,36)(H3,28,29,30,33)/t21-,22+,23+,53?/m0/s1. The summed E-state index contributed by atoms with van der Waals surface area (Å²) in [6.07, 6.45) is 4.98. The number of Topliss-reactive ketones (excluding diaryl/α,β-unsaturated/α-hetero) is 1. The van der Waals surface area contributed by atoms with Crippen LogP contribution in [-0.2, 0) is 66.5 Å². The molecule has 1 saturated heterocycles. The zero-order valence-corrected chi connectivity index (χ0v) is 34.7. The second kappa shape index (κ2) is 22.1. The van der Waals surface area contributed by atoms with Gasteiger partial charge in [-0.2, -0.15) is 13.6 Å². The number of phosphoric acid groups is 3. The zero-order chi connectivity index (χ0) is 39.2. The van der Waals surface area contributed by atoms with Gasteiger partial charge in [-0.15, -0.1) is 0 Å². The number of anilines is 1. The van der Waals surface area contributed by atoms with Crippen LogP contribution in [0.1, 0.15) is 70.1 Å². The summed E-state index contributed by atoms with van der Waals surface area (Å²) < 4.78 is 66.4. The molecule has 3 unspecified atom stereocenters. The molecule has 3 rings (SSSR count). The first-order valence-corrected chi connectivity index (χ1v) is 25.7. The van der Waals surface area contributed by atoms with Crippen LogP contribution in [0.5, 0.6) is 0 Å². The monoisotopic (exact) mass is 884 g/mol. The molecule has 1 aliphatic rings. The van der Waals surface area contributed by atoms with E-state index in [1.165, 1.54) is 10.8 Å². The van der Waals surface area contributed by atoms with Crippen LogP contribution in [-0.4, -0.2) is 89.2 Å². The van der Waals surface area contributed by atoms with Crippen molar-refractivity contribution in [3.63, 3.8) is 0 Å². The molecule has 19 nitrogen and oxygen atoms in total. The van der Waals surface area contributed by atoms with Crippen LogP contribution in [0.15, 0.2) is 11.0 Å². The van der Waals surface area contributed by atoms with Crippen LogP contribution < -0.4 is 11.3 Å². The van der Waals surface area contributed by atoms with Crippen LogP contribution in [0.25, 0.3) is 11.0 Å². The number of ether oxygens (including phenoxy) is 3. The molecule has 0 bridgehead atoms. The minimum absolute atomic E-state index is 0.0701. The average molecular weight is 885 g/mol. The summed E-state index contributed by atoms with van der Waals surface area (Å²) >= 11 is 5.20. The number of carbonyl (C=O) groups excluding carboxylic acids is 1. The van der Waals surface area contributed by atoms with Gasteiger partial charge < -0.3 is 44.1 Å². The highest BCUT2D eigenvalue weighted by Gasteiger charge is 2.43. The van der Waals surface area contributed by atoms with Gasteiger partial charge in [0, 0.05) is 44.2 Å². The van der Waals surface area contributed by atoms with E-state index in [2.05, 4.69) is 37.4 Å². The number of aromatic amines is 1. The van der Waals surface area contributed by atoms with Crippen molar-refractivity contribution in [1.29, 1.82) is 0 Å². The topological polar surface area (TPSA) is 281 Å². The third-order valence-corrected chi connectivity index (χ3v) is 13.8. The first kappa shape index (κ1) is 46.4. The van der Waals surface area contributed by atoms with Crippen molar-refractivity contribution in [2.75, 3.05) is 42.8 Å². The van der Waals surface area contributed by atoms with Crippen LogP contribution >= 0.6 is 45.1 Å². The highest BCUT2D eigenvalue weighted by atomic mass is 33.1. The van der Waals surface area contributed by atoms with E-state index in [-0.39, 0.29) is 53.5 Å². The van der Waals surface area contributed by atoms with Crippen molar-refractivity contribution in [2.24, 2.45) is 0 Å². The number of nitrogens with two attached hydrogens (primary N) is 1. The lowest BCUT2D eigenvalue weighted by atomic mass is 10.1. The third-order valence-electron chi connectivity index (χ3n) is 7.04. The minimum Gasteiger partial charge on any atom is -0.370 e. The van der Waals surface area contributed by atoms with Crippen molar-refractivity contribution in [1.82, 2.24) is 14.5 Å². The van der Waals surface area contributed by atoms with Crippen molar-refractivity contribution in [3.05, 3.63) is 22.1 Å². The summed E-state index contributed by atoms with van der Waals surface area (Å²) in [6.45, 7) is 2.02. The van der Waals surface area contributed by atoms with Crippen molar-refractivity contribution in [3.8, 4) is 11.8 Å². The quantitative estimate of drug-likeness (QED) is 0.0285. The summed E-state index contributed by atoms with van der Waals surface area (Å²) in [5.41, 5.74) is 5.64. The fourth-order valence-electron chi connectivity index (χ4n) is 4.91. The zero-order valence-electron chi connectivity index (χ0n) is 28.7. The number of hydrogen-bond donors (Lipinski definition) is 6. The van der Waals surface area contributed by atoms with Crippen LogP contribution in [0, 0.1) is 11.8 Å². The summed E-state index contributed by atoms with van der Waals surface area (Å²) in [5, 5.41) is 0.100. The molecule has 0 aliphatic carbocycles. The molecule has 1 fully saturated rings. The molecule has 3 heterocycles. The fourth-order valence-corrected chi connectivity index (χ4v) is 9.80. The molecule has 2 aromatic rings. The molecule has 0 spiro atoms. The van der Waals surface area contributed by atoms with Crippen molar-refractivity contribution < 1.29 is 65.4 Å². The lowest BCUT2D eigenvalue weighted by Crippen LogP contribution is -2.29. The summed E-state index contributed by atoms with van der Waals surface area (Å²) in [5.74, 6) is 7.56. The highest BCUT2D eigenvalue weighted by Crippen LogP contribution is 2.66. The van der Waals surface area contributed by atoms with E-state index in [9.17, 15) is 33.1 Å². The van der Waals surface area contributed by atoms with Gasteiger partial charge in [0.1, 0.15) is 24.1 Å². The van der Waals surface area contributed by atoms with E-state index >= 15 is 0 Å². The van der Waals surface area contributed by atoms with Crippen LogP contribution in [0.3, 0.4) is 0 Å². The molecule has 1 aliphatic heterocycles. The number of phosphoric ester groups is 1. The number of hydrogen-bond acceptors (Lipinski definition) is 16. The van der Waals surface area contributed by atoms with E-state index in [0.29, 0.717) is 19.0 Å². The van der Waals surface area contributed by atoms with E-state index in [0.717, 1.165) is 31.4 Å². The molecular weight excluding hydrogens is 842 g/mol. The van der Waals surface area contributed by atoms with E-state index in [4.69, 9.17) is 45.4 Å². The Kier molecular flexibility index (Phi) is 19.3. The number of ketones is 1. The third kappa shape index (κ3) is 17.0. The maximum Gasteiger partial charge on any atom is 0.490 e. The molecule has 2 aromatic heterocycles. The molecular formula is C27H43N4O15P3S4. The maximum absolute atomic E-state index is 13.0. The molecule has 53 heavy (non-hydrogen) atoms. The molecule has 300 valence electrons. The number of unbranched alkanes of at least 4 members (excludes halogenated alkanes) is 3. The Hall–Kier alpha value is -0.990. The Labute approximate surface area is 320 Å². The Morgan fingerprint density at radius 2 is 1.89 bits per heavy atom. The Morgan fingerprint density at radius 3 is 2.58 bits per heavy atom. The molecule has 0 amide bonds. The second-order valence-electron chi connectivity index (χ2n) is 11.3. The van der Waals surface area contributed by atoms with Crippen molar-refractivity contribution >= 4 is 88.5 Å². The molecule has 0 radical (unpaired) electrons. The van der Waals surface area contributed by atoms with Gasteiger partial charge in [-0.3, -0.25) is 19.1 Å². The predicted molar refractivity (Wildman–Crippen MR) is 204 cm³/mol.